The summed E-state index contributed by atoms with van der Waals surface area (Å²) in [5.74, 6) is -3.78. The van der Waals surface area contributed by atoms with Crippen molar-refractivity contribution < 1.29 is 48.4 Å². The number of methoxy groups -OCH3 is 1. The van der Waals surface area contributed by atoms with Crippen LogP contribution in [0.15, 0.2) is 54.7 Å². The van der Waals surface area contributed by atoms with Crippen LogP contribution in [-0.4, -0.2) is 111 Å². The number of aliphatic hydroxyl groups is 1. The Morgan fingerprint density at radius 1 is 1.09 bits per heavy atom. The van der Waals surface area contributed by atoms with E-state index >= 15 is 0 Å². The molecular formula is C48H60N6O10. The number of nitrogens with one attached hydrogen (secondary N) is 2. The molecule has 2 aromatic heterocycles. The lowest BCUT2D eigenvalue weighted by Gasteiger charge is -2.40. The normalized spacial score (nSPS) is 22.4. The van der Waals surface area contributed by atoms with Crippen molar-refractivity contribution in [1.82, 2.24) is 30.2 Å². The zero-order valence-corrected chi connectivity index (χ0v) is 37.9. The van der Waals surface area contributed by atoms with Crippen LogP contribution in [0.1, 0.15) is 90.2 Å². The lowest BCUT2D eigenvalue weighted by molar-refractivity contribution is -0.189. The monoisotopic (exact) mass is 880 g/mol. The van der Waals surface area contributed by atoms with E-state index in [0.717, 1.165) is 44.0 Å². The first-order chi connectivity index (χ1) is 30.3. The molecule has 2 fully saturated rings. The quantitative estimate of drug-likeness (QED) is 0.165. The Morgan fingerprint density at radius 2 is 1.86 bits per heavy atom. The van der Waals surface area contributed by atoms with Crippen molar-refractivity contribution in [2.75, 3.05) is 27.3 Å². The molecule has 4 N–H and O–H groups in total. The summed E-state index contributed by atoms with van der Waals surface area (Å²) in [6.45, 7) is 12.2. The van der Waals surface area contributed by atoms with Gasteiger partial charge in [-0.05, 0) is 91.3 Å². The first kappa shape index (κ1) is 46.2. The molecule has 5 heterocycles. The maximum atomic E-state index is 14.6. The number of benzene rings is 2. The van der Waals surface area contributed by atoms with E-state index in [1.54, 1.807) is 33.2 Å². The summed E-state index contributed by atoms with van der Waals surface area (Å²) in [7, 11) is 3.11. The van der Waals surface area contributed by atoms with E-state index in [0.29, 0.717) is 24.1 Å². The van der Waals surface area contributed by atoms with Crippen LogP contribution < -0.4 is 10.7 Å². The maximum Gasteiger partial charge on any atom is 0.355 e. The highest BCUT2D eigenvalue weighted by atomic mass is 16.6. The second-order valence-corrected chi connectivity index (χ2v) is 18.4. The van der Waals surface area contributed by atoms with Gasteiger partial charge in [0.25, 0.3) is 11.8 Å². The van der Waals surface area contributed by atoms with Crippen LogP contribution in [0, 0.1) is 11.3 Å². The number of likely N-dealkylation sites (N-methyl/N-ethyl adjacent to an activating group) is 1. The molecule has 7 rings (SSSR count). The number of ether oxygens (including phenoxy) is 3. The van der Waals surface area contributed by atoms with Crippen molar-refractivity contribution >= 4 is 40.6 Å². The second kappa shape index (κ2) is 18.3. The van der Waals surface area contributed by atoms with Crippen molar-refractivity contribution in [3.05, 3.63) is 71.5 Å². The number of carbonyl (C=O) groups excluding carboxylic acids is 5. The van der Waals surface area contributed by atoms with Gasteiger partial charge in [-0.25, -0.2) is 4.79 Å². The van der Waals surface area contributed by atoms with Gasteiger partial charge >= 0.3 is 11.9 Å². The number of nitrogens with zero attached hydrogens (tertiary/aromatic N) is 4. The minimum absolute atomic E-state index is 0.0462. The van der Waals surface area contributed by atoms with Crippen LogP contribution in [0.25, 0.3) is 33.3 Å². The zero-order valence-electron chi connectivity index (χ0n) is 37.9. The zero-order chi connectivity index (χ0) is 46.2. The number of phenols is 1. The molecule has 0 unspecified atom stereocenters. The van der Waals surface area contributed by atoms with E-state index < -0.39 is 64.9 Å². The number of carbonyl (C=O) groups is 5. The number of pyridine rings is 1. The Labute approximate surface area is 373 Å². The summed E-state index contributed by atoms with van der Waals surface area (Å²) in [5, 5.41) is 28.0. The Bertz CT molecular complexity index is 2460. The lowest BCUT2D eigenvalue weighted by atomic mass is 9.84. The van der Waals surface area contributed by atoms with Crippen LogP contribution in [0.5, 0.6) is 5.75 Å². The number of amides is 3. The van der Waals surface area contributed by atoms with Gasteiger partial charge in [0.1, 0.15) is 17.8 Å². The summed E-state index contributed by atoms with van der Waals surface area (Å²) >= 11 is 0. The molecule has 3 aliphatic rings. The summed E-state index contributed by atoms with van der Waals surface area (Å²) in [6, 6.07) is 12.7. The molecule has 64 heavy (non-hydrogen) atoms. The topological polar surface area (TPSA) is 202 Å². The predicted octanol–water partition coefficient (Wildman–Crippen LogP) is 4.96. The third-order valence-corrected chi connectivity index (χ3v) is 12.6. The first-order valence-corrected chi connectivity index (χ1v) is 22.1. The number of hydrogen-bond acceptors (Lipinski definition) is 12. The van der Waals surface area contributed by atoms with Gasteiger partial charge in [0.15, 0.2) is 6.10 Å². The van der Waals surface area contributed by atoms with Gasteiger partial charge in [0.05, 0.1) is 24.1 Å². The van der Waals surface area contributed by atoms with E-state index in [-0.39, 0.29) is 57.1 Å². The smallest absolute Gasteiger partial charge is 0.355 e. The first-order valence-electron chi connectivity index (χ1n) is 22.1. The summed E-state index contributed by atoms with van der Waals surface area (Å²) in [5.41, 5.74) is 6.30. The molecule has 4 aromatic rings. The third kappa shape index (κ3) is 9.22. The lowest BCUT2D eigenvalue weighted by Crippen LogP contribution is -2.67. The number of aromatic nitrogens is 2. The number of hydrogen-bond donors (Lipinski definition) is 4. The van der Waals surface area contributed by atoms with E-state index in [2.05, 4.69) is 28.3 Å². The van der Waals surface area contributed by atoms with Gasteiger partial charge in [0, 0.05) is 81.0 Å². The Kier molecular flexibility index (Phi) is 13.2. The third-order valence-electron chi connectivity index (χ3n) is 12.6. The molecule has 0 aliphatic carbocycles. The molecule has 0 spiro atoms. The van der Waals surface area contributed by atoms with Gasteiger partial charge in [-0.2, -0.15) is 5.43 Å². The fourth-order valence-electron chi connectivity index (χ4n) is 9.35. The molecule has 0 radical (unpaired) electrons. The molecule has 5 atom stereocenters. The minimum Gasteiger partial charge on any atom is -0.508 e. The molecule has 2 aromatic carbocycles. The van der Waals surface area contributed by atoms with Crippen molar-refractivity contribution in [2.45, 2.75) is 117 Å². The largest absolute Gasteiger partial charge is 0.508 e. The highest BCUT2D eigenvalue weighted by Crippen LogP contribution is 2.42. The van der Waals surface area contributed by atoms with Crippen LogP contribution in [0.3, 0.4) is 0 Å². The van der Waals surface area contributed by atoms with Gasteiger partial charge in [-0.15, -0.1) is 0 Å². The standard InChI is InChI=1S/C48H60N6O10/c1-9-53-37-14-13-30-24-34(37)35(42(53)33-12-10-18-49-40(33)28(4)62-8)25-47(5,6)26-63-46(60)48(61)17-11-19-54(51-48)44(58)36(22-29-20-31(30)23-32(55)21-29)50-43(57)41(27(2)3)52(7)45(59)38-15-16-39(56)64-38/h10,12-14,18,20-21,23-24,27-28,36,38,41,51,55,61H,9,11,15-17,19,22,25-26H2,1-8H3,(H,50,57)/t28-,36-,38+,41-,48-/m0/s1. The Morgan fingerprint density at radius 3 is 2.55 bits per heavy atom. The van der Waals surface area contributed by atoms with E-state index in [1.807, 2.05) is 51.1 Å². The number of esters is 2. The fourth-order valence-corrected chi connectivity index (χ4v) is 9.35. The van der Waals surface area contributed by atoms with Gasteiger partial charge in [-0.1, -0.05) is 39.8 Å². The SMILES string of the molecule is CCn1c(-c2cccnc2[C@H](C)OC)c2c3cc(ccc31)-c1cc(O)cc(c1)C[C@H](NC(=O)[C@H](C(C)C)N(C)C(=O)[C@H]1CCC(=O)O1)C(=O)N1CCC[C@@](O)(N1)C(=O)OCC(C)(C)C2. The number of hydrazine groups is 1. The maximum absolute atomic E-state index is 14.6. The summed E-state index contributed by atoms with van der Waals surface area (Å²) in [4.78, 5) is 74.3. The highest BCUT2D eigenvalue weighted by Gasteiger charge is 2.46. The molecule has 342 valence electrons. The highest BCUT2D eigenvalue weighted by molar-refractivity contribution is 5.96. The minimum atomic E-state index is -2.27. The molecule has 16 nitrogen and oxygen atoms in total. The molecule has 0 saturated carbocycles. The van der Waals surface area contributed by atoms with Gasteiger partial charge in [-0.3, -0.25) is 29.2 Å². The average Bonchev–Trinajstić information content (AvgIpc) is 3.83. The number of fused-ring (bicyclic) bond motifs is 6. The number of aryl methyl sites for hydroxylation is 1. The molecule has 3 aliphatic heterocycles. The van der Waals surface area contributed by atoms with Crippen LogP contribution in [-0.2, 0) is 57.6 Å². The van der Waals surface area contributed by atoms with Crippen molar-refractivity contribution in [3.63, 3.8) is 0 Å². The van der Waals surface area contributed by atoms with Crippen molar-refractivity contribution in [2.24, 2.45) is 11.3 Å². The Balaban J connectivity index is 1.35. The van der Waals surface area contributed by atoms with Gasteiger partial charge < -0.3 is 39.2 Å². The van der Waals surface area contributed by atoms with E-state index in [1.165, 1.54) is 18.0 Å². The van der Waals surface area contributed by atoms with Crippen molar-refractivity contribution in [3.8, 4) is 28.1 Å². The molecule has 6 bridgehead atoms. The fraction of sp³-hybridized carbons (Fsp3) is 0.500. The molecule has 3 amide bonds. The van der Waals surface area contributed by atoms with E-state index in [9.17, 15) is 34.2 Å². The van der Waals surface area contributed by atoms with Crippen LogP contribution in [0.4, 0.5) is 0 Å². The number of phenolic OH excluding ortho intramolecular Hbond substituents is 1. The predicted molar refractivity (Wildman–Crippen MR) is 237 cm³/mol. The summed E-state index contributed by atoms with van der Waals surface area (Å²) in [6.07, 6.45) is 1.20. The number of cyclic esters (lactones) is 2. The number of rotatable bonds is 9. The average molecular weight is 881 g/mol. The number of aromatic hydroxyl groups is 1. The molecular weight excluding hydrogens is 821 g/mol. The van der Waals surface area contributed by atoms with Crippen LogP contribution >= 0.6 is 0 Å². The van der Waals surface area contributed by atoms with Crippen molar-refractivity contribution in [1.29, 1.82) is 0 Å². The molecule has 16 heteroatoms. The van der Waals surface area contributed by atoms with Crippen LogP contribution in [0.2, 0.25) is 0 Å². The Hall–Kier alpha value is -5.84. The van der Waals surface area contributed by atoms with E-state index in [4.69, 9.17) is 19.2 Å². The summed E-state index contributed by atoms with van der Waals surface area (Å²) < 4.78 is 19.2. The second-order valence-electron chi connectivity index (χ2n) is 18.4. The molecule has 2 saturated heterocycles. The van der Waals surface area contributed by atoms with Gasteiger partial charge in [0.2, 0.25) is 11.6 Å².